The predicted molar refractivity (Wildman–Crippen MR) is 113 cm³/mol. The summed E-state index contributed by atoms with van der Waals surface area (Å²) in [5, 5.41) is 5.85. The Hall–Kier alpha value is -3.02. The Morgan fingerprint density at radius 1 is 1.03 bits per heavy atom. The van der Waals surface area contributed by atoms with Crippen molar-refractivity contribution in [3.63, 3.8) is 0 Å². The van der Waals surface area contributed by atoms with Gasteiger partial charge in [0, 0.05) is 44.6 Å². The van der Waals surface area contributed by atoms with E-state index in [2.05, 4.69) is 10.6 Å². The molecule has 0 radical (unpaired) electrons. The summed E-state index contributed by atoms with van der Waals surface area (Å²) in [5.41, 5.74) is 1.64. The average molecular weight is 396 g/mol. The van der Waals surface area contributed by atoms with Crippen LogP contribution in [0, 0.1) is 0 Å². The topological polar surface area (TPSA) is 70.7 Å². The fraction of sp³-hybridized carbons (Fsp3) is 0.391. The fourth-order valence-electron chi connectivity index (χ4n) is 3.30. The van der Waals surface area contributed by atoms with E-state index in [1.807, 2.05) is 54.3 Å². The normalized spacial score (nSPS) is 14.3. The van der Waals surface area contributed by atoms with Gasteiger partial charge in [-0.05, 0) is 30.2 Å². The van der Waals surface area contributed by atoms with Gasteiger partial charge in [0.2, 0.25) is 0 Å². The number of hydrogen-bond donors (Lipinski definition) is 2. The molecule has 2 N–H and O–H groups in total. The van der Waals surface area contributed by atoms with Gasteiger partial charge in [-0.1, -0.05) is 43.3 Å². The average Bonchev–Trinajstić information content (AvgIpc) is 2.77. The fourth-order valence-corrected chi connectivity index (χ4v) is 3.30. The van der Waals surface area contributed by atoms with Crippen molar-refractivity contribution in [2.75, 3.05) is 19.6 Å². The van der Waals surface area contributed by atoms with E-state index < -0.39 is 0 Å². The van der Waals surface area contributed by atoms with Crippen LogP contribution >= 0.6 is 0 Å². The lowest BCUT2D eigenvalue weighted by Gasteiger charge is -2.32. The Labute approximate surface area is 172 Å². The predicted octanol–water partition coefficient (Wildman–Crippen LogP) is 3.58. The maximum Gasteiger partial charge on any atom is 0.317 e. The molecule has 0 aromatic heterocycles. The first-order valence-corrected chi connectivity index (χ1v) is 10.3. The number of urea groups is 1. The van der Waals surface area contributed by atoms with Gasteiger partial charge in [0.15, 0.2) is 0 Å². The molecule has 1 saturated heterocycles. The minimum absolute atomic E-state index is 0.00221. The van der Waals surface area contributed by atoms with Gasteiger partial charge < -0.3 is 20.3 Å². The molecule has 6 nitrogen and oxygen atoms in total. The van der Waals surface area contributed by atoms with Crippen molar-refractivity contribution in [3.05, 3.63) is 65.7 Å². The van der Waals surface area contributed by atoms with Crippen LogP contribution in [0.25, 0.3) is 0 Å². The molecule has 3 rings (SSSR count). The van der Waals surface area contributed by atoms with E-state index in [1.165, 1.54) is 0 Å². The Bertz CT molecular complexity index is 802. The maximum absolute atomic E-state index is 12.4. The third-order valence-corrected chi connectivity index (χ3v) is 4.95. The second-order valence-electron chi connectivity index (χ2n) is 7.23. The molecule has 0 spiro atoms. The van der Waals surface area contributed by atoms with E-state index in [0.29, 0.717) is 37.5 Å². The lowest BCUT2D eigenvalue weighted by Crippen LogP contribution is -2.46. The number of hydrogen-bond acceptors (Lipinski definition) is 3. The van der Waals surface area contributed by atoms with Gasteiger partial charge in [0.05, 0.1) is 0 Å². The highest BCUT2D eigenvalue weighted by Crippen LogP contribution is 2.20. The number of rotatable bonds is 7. The zero-order valence-corrected chi connectivity index (χ0v) is 16.9. The first-order chi connectivity index (χ1) is 14.2. The third-order valence-electron chi connectivity index (χ3n) is 4.95. The smallest absolute Gasteiger partial charge is 0.317 e. The zero-order valence-electron chi connectivity index (χ0n) is 16.9. The first kappa shape index (κ1) is 20.7. The van der Waals surface area contributed by atoms with E-state index in [0.717, 1.165) is 24.8 Å². The van der Waals surface area contributed by atoms with Gasteiger partial charge in [-0.2, -0.15) is 0 Å². The Kier molecular flexibility index (Phi) is 7.50. The summed E-state index contributed by atoms with van der Waals surface area (Å²) < 4.78 is 6.08. The van der Waals surface area contributed by atoms with Crippen molar-refractivity contribution in [3.8, 4) is 5.75 Å². The number of amides is 3. The maximum atomic E-state index is 12.4. The Morgan fingerprint density at radius 2 is 1.79 bits per heavy atom. The minimum atomic E-state index is -0.123. The molecule has 2 aromatic rings. The number of likely N-dealkylation sites (tertiary alicyclic amines) is 1. The second-order valence-corrected chi connectivity index (χ2v) is 7.23. The van der Waals surface area contributed by atoms with E-state index in [9.17, 15) is 9.59 Å². The largest absolute Gasteiger partial charge is 0.490 e. The van der Waals surface area contributed by atoms with Crippen LogP contribution in [0.4, 0.5) is 4.79 Å². The quantitative estimate of drug-likeness (QED) is 0.753. The number of carbonyl (C=O) groups excluding carboxylic acids is 2. The van der Waals surface area contributed by atoms with E-state index in [-0.39, 0.29) is 18.0 Å². The van der Waals surface area contributed by atoms with Crippen LogP contribution in [0.5, 0.6) is 5.75 Å². The summed E-state index contributed by atoms with van der Waals surface area (Å²) in [6.45, 7) is 4.59. The van der Waals surface area contributed by atoms with Crippen LogP contribution < -0.4 is 15.4 Å². The van der Waals surface area contributed by atoms with E-state index in [4.69, 9.17) is 4.74 Å². The molecule has 3 amide bonds. The highest BCUT2D eigenvalue weighted by Gasteiger charge is 2.23. The second kappa shape index (κ2) is 10.5. The van der Waals surface area contributed by atoms with Crippen LogP contribution in [0.15, 0.2) is 54.6 Å². The highest BCUT2D eigenvalue weighted by atomic mass is 16.5. The zero-order chi connectivity index (χ0) is 20.5. The van der Waals surface area contributed by atoms with Crippen molar-refractivity contribution in [2.45, 2.75) is 38.8 Å². The number of ether oxygens (including phenoxy) is 1. The molecular formula is C23H29N3O3. The van der Waals surface area contributed by atoms with Crippen molar-refractivity contribution in [1.82, 2.24) is 15.5 Å². The molecule has 0 unspecified atom stereocenters. The summed E-state index contributed by atoms with van der Waals surface area (Å²) >= 11 is 0. The van der Waals surface area contributed by atoms with Gasteiger partial charge in [0.1, 0.15) is 11.9 Å². The summed E-state index contributed by atoms with van der Waals surface area (Å²) in [6, 6.07) is 17.1. The van der Waals surface area contributed by atoms with Crippen LogP contribution in [-0.4, -0.2) is 42.6 Å². The number of piperidine rings is 1. The van der Waals surface area contributed by atoms with Gasteiger partial charge in [-0.3, -0.25) is 4.79 Å². The molecule has 1 heterocycles. The van der Waals surface area contributed by atoms with E-state index >= 15 is 0 Å². The Morgan fingerprint density at radius 3 is 2.52 bits per heavy atom. The summed E-state index contributed by atoms with van der Waals surface area (Å²) in [7, 11) is 0. The van der Waals surface area contributed by atoms with Gasteiger partial charge in [-0.25, -0.2) is 4.79 Å². The molecule has 1 fully saturated rings. The van der Waals surface area contributed by atoms with Crippen molar-refractivity contribution in [2.24, 2.45) is 0 Å². The Balaban J connectivity index is 1.48. The molecule has 2 aromatic carbocycles. The molecule has 29 heavy (non-hydrogen) atoms. The van der Waals surface area contributed by atoms with Crippen LogP contribution in [0.3, 0.4) is 0 Å². The van der Waals surface area contributed by atoms with Crippen molar-refractivity contribution in [1.29, 1.82) is 0 Å². The lowest BCUT2D eigenvalue weighted by molar-refractivity contribution is 0.0946. The molecular weight excluding hydrogens is 366 g/mol. The standard InChI is InChI=1S/C23H29N3O3/c1-2-13-24-23(28)26-14-11-20(12-15-26)29-21-10-6-9-19(16-21)22(27)25-17-18-7-4-3-5-8-18/h3-10,16,20H,2,11-15,17H2,1H3,(H,24,28)(H,25,27). The number of nitrogens with zero attached hydrogens (tertiary/aromatic N) is 1. The number of carbonyl (C=O) groups is 2. The molecule has 154 valence electrons. The lowest BCUT2D eigenvalue weighted by atomic mass is 10.1. The number of nitrogens with one attached hydrogen (secondary N) is 2. The molecule has 0 aliphatic carbocycles. The van der Waals surface area contributed by atoms with Crippen molar-refractivity contribution < 1.29 is 14.3 Å². The summed E-state index contributed by atoms with van der Waals surface area (Å²) in [4.78, 5) is 26.3. The molecule has 0 saturated carbocycles. The third kappa shape index (κ3) is 6.24. The highest BCUT2D eigenvalue weighted by molar-refractivity contribution is 5.94. The minimum Gasteiger partial charge on any atom is -0.490 e. The molecule has 1 aliphatic heterocycles. The molecule has 1 aliphatic rings. The van der Waals surface area contributed by atoms with Crippen LogP contribution in [0.1, 0.15) is 42.1 Å². The van der Waals surface area contributed by atoms with Gasteiger partial charge in [0.25, 0.3) is 5.91 Å². The van der Waals surface area contributed by atoms with Crippen molar-refractivity contribution >= 4 is 11.9 Å². The summed E-state index contributed by atoms with van der Waals surface area (Å²) in [6.07, 6.45) is 2.54. The van der Waals surface area contributed by atoms with E-state index in [1.54, 1.807) is 12.1 Å². The number of benzene rings is 2. The SMILES string of the molecule is CCCNC(=O)N1CCC(Oc2cccc(C(=O)NCc3ccccc3)c2)CC1. The van der Waals surface area contributed by atoms with Gasteiger partial charge >= 0.3 is 6.03 Å². The van der Waals surface area contributed by atoms with Gasteiger partial charge in [-0.15, -0.1) is 0 Å². The molecule has 0 bridgehead atoms. The molecule has 6 heteroatoms. The van der Waals surface area contributed by atoms with Crippen LogP contribution in [0.2, 0.25) is 0 Å². The summed E-state index contributed by atoms with van der Waals surface area (Å²) in [5.74, 6) is 0.563. The van der Waals surface area contributed by atoms with Crippen LogP contribution in [-0.2, 0) is 6.54 Å². The monoisotopic (exact) mass is 395 g/mol. The first-order valence-electron chi connectivity index (χ1n) is 10.3. The molecule has 0 atom stereocenters.